The first-order valence-corrected chi connectivity index (χ1v) is 12.9. The predicted molar refractivity (Wildman–Crippen MR) is 139 cm³/mol. The van der Waals surface area contributed by atoms with Crippen molar-refractivity contribution >= 4 is 5.52 Å². The highest BCUT2D eigenvalue weighted by molar-refractivity contribution is 5.76. The number of fused-ring (bicyclic) bond motifs is 1. The lowest BCUT2D eigenvalue weighted by atomic mass is 9.60. The van der Waals surface area contributed by atoms with Gasteiger partial charge in [0.25, 0.3) is 0 Å². The van der Waals surface area contributed by atoms with Crippen LogP contribution in [0.4, 0.5) is 4.39 Å². The van der Waals surface area contributed by atoms with E-state index in [-0.39, 0.29) is 6.61 Å². The highest BCUT2D eigenvalue weighted by Crippen LogP contribution is 2.55. The predicted octanol–water partition coefficient (Wildman–Crippen LogP) is 4.28. The number of piperidine rings is 1. The molecule has 4 aromatic rings. The Balaban J connectivity index is 1.30. The molecule has 1 spiro atoms. The maximum absolute atomic E-state index is 13.4. The number of aromatic nitrogens is 5. The molecule has 2 fully saturated rings. The average Bonchev–Trinajstić information content (AvgIpc) is 3.54. The molecule has 0 amide bonds. The lowest BCUT2D eigenvalue weighted by Crippen LogP contribution is -2.46. The van der Waals surface area contributed by atoms with E-state index in [1.54, 1.807) is 4.52 Å². The monoisotopic (exact) mass is 526 g/mol. The minimum atomic E-state index is -0.865. The van der Waals surface area contributed by atoms with Crippen LogP contribution in [0, 0.1) is 36.1 Å². The van der Waals surface area contributed by atoms with Gasteiger partial charge in [-0.2, -0.15) is 27.0 Å². The number of rotatable bonds is 6. The lowest BCUT2D eigenvalue weighted by Gasteiger charge is -2.50. The van der Waals surface area contributed by atoms with Crippen molar-refractivity contribution in [3.63, 3.8) is 0 Å². The highest BCUT2D eigenvalue weighted by Gasteiger charge is 2.48. The second-order valence-corrected chi connectivity index (χ2v) is 10.5. The molecule has 0 radical (unpaired) electrons. The van der Waals surface area contributed by atoms with Crippen LogP contribution >= 0.6 is 0 Å². The number of hydrogen-bond donors (Lipinski definition) is 1. The minimum Gasteiger partial charge on any atom is -0.479 e. The Labute approximate surface area is 224 Å². The molecule has 1 N–H and O–H groups in total. The summed E-state index contributed by atoms with van der Waals surface area (Å²) < 4.78 is 23.3. The highest BCUT2D eigenvalue weighted by atomic mass is 19.1. The summed E-state index contributed by atoms with van der Waals surface area (Å²) in [6, 6.07) is 7.00. The van der Waals surface area contributed by atoms with Crippen LogP contribution in [-0.4, -0.2) is 54.2 Å². The fourth-order valence-electron chi connectivity index (χ4n) is 5.99. The molecule has 2 aliphatic rings. The summed E-state index contributed by atoms with van der Waals surface area (Å²) >= 11 is 0. The topological polar surface area (TPSA) is 109 Å². The molecule has 39 heavy (non-hydrogen) atoms. The molecule has 0 bridgehead atoms. The van der Waals surface area contributed by atoms with E-state index < -0.39 is 11.9 Å². The molecule has 11 heteroatoms. The van der Waals surface area contributed by atoms with E-state index in [4.69, 9.17) is 16.4 Å². The third kappa shape index (κ3) is 4.35. The average molecular weight is 527 g/mol. The van der Waals surface area contributed by atoms with Gasteiger partial charge >= 0.3 is 0 Å². The summed E-state index contributed by atoms with van der Waals surface area (Å²) in [4.78, 5) is 7.63. The number of aliphatic hydroxyl groups is 1. The molecule has 10 nitrogen and oxygen atoms in total. The molecule has 1 atom stereocenters. The van der Waals surface area contributed by atoms with Gasteiger partial charge in [-0.05, 0) is 56.2 Å². The molecular weight excluding hydrogens is 499 g/mol. The Morgan fingerprint density at radius 1 is 1.26 bits per heavy atom. The Morgan fingerprint density at radius 2 is 2.05 bits per heavy atom. The number of halogens is 1. The van der Waals surface area contributed by atoms with Crippen molar-refractivity contribution in [2.75, 3.05) is 19.7 Å². The van der Waals surface area contributed by atoms with Crippen LogP contribution in [0.2, 0.25) is 0 Å². The van der Waals surface area contributed by atoms with Gasteiger partial charge in [-0.1, -0.05) is 0 Å². The number of nitrogens with zero attached hydrogens (tertiary/aromatic N) is 8. The van der Waals surface area contributed by atoms with Crippen LogP contribution in [-0.2, 0) is 0 Å². The molecule has 1 aliphatic heterocycles. The van der Waals surface area contributed by atoms with Gasteiger partial charge in [0, 0.05) is 23.0 Å². The lowest BCUT2D eigenvalue weighted by molar-refractivity contribution is -0.00176. The molecular formula is C28H27FN8O2. The summed E-state index contributed by atoms with van der Waals surface area (Å²) in [5, 5.41) is 30.6. The standard InChI is InChI=1S/C28H27FN8O2/c1-18-23(15-34-37(18)22-10-28(11-22)5-7-35(31-2)8-6-28)19-9-25(27-20(12-30)13-33-36(27)16-19)39-26(17-38)24-4-3-21(29)14-32-24/h3-4,9,13-16,22,26,38H,5-8,10-11,17H2,1H3. The van der Waals surface area contributed by atoms with Gasteiger partial charge < -0.3 is 9.84 Å². The summed E-state index contributed by atoms with van der Waals surface area (Å²) in [6.07, 6.45) is 9.57. The van der Waals surface area contributed by atoms with Gasteiger partial charge in [0.1, 0.15) is 28.7 Å². The Hall–Kier alpha value is -4.48. The number of nitriles is 1. The summed E-state index contributed by atoms with van der Waals surface area (Å²) in [5.41, 5.74) is 4.21. The normalized spacial score (nSPS) is 17.5. The van der Waals surface area contributed by atoms with E-state index in [0.717, 1.165) is 61.8 Å². The Kier molecular flexibility index (Phi) is 6.16. The molecule has 4 aromatic heterocycles. The van der Waals surface area contributed by atoms with E-state index in [0.29, 0.717) is 34.0 Å². The van der Waals surface area contributed by atoms with E-state index in [9.17, 15) is 14.8 Å². The van der Waals surface area contributed by atoms with Crippen molar-refractivity contribution in [3.8, 4) is 22.9 Å². The van der Waals surface area contributed by atoms with Crippen LogP contribution in [0.15, 0.2) is 43.0 Å². The molecule has 1 saturated heterocycles. The van der Waals surface area contributed by atoms with Crippen molar-refractivity contribution in [1.82, 2.24) is 29.4 Å². The molecule has 1 saturated carbocycles. The van der Waals surface area contributed by atoms with Crippen LogP contribution in [0.5, 0.6) is 5.75 Å². The molecule has 198 valence electrons. The smallest absolute Gasteiger partial charge is 0.163 e. The molecule has 5 heterocycles. The van der Waals surface area contributed by atoms with E-state index in [1.165, 1.54) is 18.3 Å². The van der Waals surface area contributed by atoms with Gasteiger partial charge in [-0.25, -0.2) is 8.91 Å². The summed E-state index contributed by atoms with van der Waals surface area (Å²) in [7, 11) is 0. The van der Waals surface area contributed by atoms with E-state index in [2.05, 4.69) is 25.8 Å². The Morgan fingerprint density at radius 3 is 2.72 bits per heavy atom. The largest absolute Gasteiger partial charge is 0.479 e. The first-order valence-electron chi connectivity index (χ1n) is 12.9. The fraction of sp³-hybridized carbons (Fsp3) is 0.393. The van der Waals surface area contributed by atoms with Gasteiger partial charge in [-0.3, -0.25) is 9.67 Å². The van der Waals surface area contributed by atoms with Gasteiger partial charge in [0.05, 0.1) is 50.0 Å². The second kappa shape index (κ2) is 9.68. The number of pyridine rings is 2. The fourth-order valence-corrected chi connectivity index (χ4v) is 5.99. The zero-order chi connectivity index (χ0) is 27.1. The third-order valence-corrected chi connectivity index (χ3v) is 8.19. The van der Waals surface area contributed by atoms with Crippen LogP contribution < -0.4 is 4.74 Å². The van der Waals surface area contributed by atoms with Crippen LogP contribution in [0.3, 0.4) is 0 Å². The minimum absolute atomic E-state index is 0.306. The summed E-state index contributed by atoms with van der Waals surface area (Å²) in [5.74, 6) is -0.130. The van der Waals surface area contributed by atoms with Gasteiger partial charge in [0.2, 0.25) is 0 Å². The zero-order valence-corrected chi connectivity index (χ0v) is 21.5. The second-order valence-electron chi connectivity index (χ2n) is 10.5. The van der Waals surface area contributed by atoms with Crippen molar-refractivity contribution in [3.05, 3.63) is 77.3 Å². The third-order valence-electron chi connectivity index (χ3n) is 8.19. The summed E-state index contributed by atoms with van der Waals surface area (Å²) in [6.45, 7) is 10.6. The van der Waals surface area contributed by atoms with Crippen molar-refractivity contribution in [2.24, 2.45) is 5.41 Å². The maximum atomic E-state index is 13.4. The molecule has 1 unspecified atom stereocenters. The van der Waals surface area contributed by atoms with Crippen LogP contribution in [0.1, 0.15) is 54.8 Å². The first-order chi connectivity index (χ1) is 18.9. The van der Waals surface area contributed by atoms with Crippen molar-refractivity contribution < 1.29 is 14.2 Å². The first kappa shape index (κ1) is 24.8. The number of aliphatic hydroxyl groups excluding tert-OH is 1. The quantitative estimate of drug-likeness (QED) is 0.374. The van der Waals surface area contributed by atoms with Crippen molar-refractivity contribution in [2.45, 2.75) is 44.8 Å². The van der Waals surface area contributed by atoms with Gasteiger partial charge in [-0.15, -0.1) is 5.01 Å². The molecule has 0 aromatic carbocycles. The maximum Gasteiger partial charge on any atom is 0.163 e. The van der Waals surface area contributed by atoms with Crippen LogP contribution in [0.25, 0.3) is 21.6 Å². The number of ether oxygens (including phenoxy) is 1. The zero-order valence-electron chi connectivity index (χ0n) is 21.5. The number of hydrogen-bond acceptors (Lipinski definition) is 7. The van der Waals surface area contributed by atoms with Gasteiger partial charge in [0.15, 0.2) is 6.10 Å². The molecule has 1 aliphatic carbocycles. The van der Waals surface area contributed by atoms with E-state index >= 15 is 0 Å². The van der Waals surface area contributed by atoms with E-state index in [1.807, 2.05) is 30.4 Å². The Bertz CT molecular complexity index is 1600. The molecule has 6 rings (SSSR count). The SMILES string of the molecule is [C-]#[N+]N1CCC2(CC1)CC(n1ncc(-c3cc(OC(CO)c4ccc(F)cn4)c4c(C#N)cnn4c3)c1C)C2. The van der Waals surface area contributed by atoms with Crippen molar-refractivity contribution in [1.29, 1.82) is 5.26 Å².